The minimum atomic E-state index is -0.163. The molecule has 1 fully saturated rings. The summed E-state index contributed by atoms with van der Waals surface area (Å²) in [5.74, 6) is -0.163. The molecule has 1 saturated heterocycles. The van der Waals surface area contributed by atoms with Gasteiger partial charge in [-0.3, -0.25) is 4.79 Å². The third kappa shape index (κ3) is 5.17. The van der Waals surface area contributed by atoms with Gasteiger partial charge in [0.25, 0.3) is 0 Å². The van der Waals surface area contributed by atoms with Crippen LogP contribution < -0.4 is 15.5 Å². The molecule has 1 aliphatic rings. The van der Waals surface area contributed by atoms with Crippen molar-refractivity contribution in [1.82, 2.24) is 5.32 Å². The molecule has 2 aromatic carbocycles. The van der Waals surface area contributed by atoms with Crippen LogP contribution in [0.3, 0.4) is 0 Å². The summed E-state index contributed by atoms with van der Waals surface area (Å²) in [6, 6.07) is 15.1. The Labute approximate surface area is 163 Å². The SMILES string of the molecule is O=C(Cc1ccccc1)NC(=S)Nc1cc(Cl)ccc1N1CCOCC1. The molecule has 3 rings (SSSR count). The third-order valence-electron chi connectivity index (χ3n) is 4.02. The van der Waals surface area contributed by atoms with Gasteiger partial charge in [-0.2, -0.15) is 0 Å². The highest BCUT2D eigenvalue weighted by Crippen LogP contribution is 2.29. The fourth-order valence-electron chi connectivity index (χ4n) is 2.79. The van der Waals surface area contributed by atoms with Gasteiger partial charge >= 0.3 is 0 Å². The number of benzene rings is 2. The number of halogens is 1. The molecule has 0 bridgehead atoms. The molecule has 0 spiro atoms. The fraction of sp³-hybridized carbons (Fsp3) is 0.263. The van der Waals surface area contributed by atoms with Crippen molar-refractivity contribution in [3.8, 4) is 0 Å². The van der Waals surface area contributed by atoms with E-state index in [-0.39, 0.29) is 17.4 Å². The summed E-state index contributed by atoms with van der Waals surface area (Å²) in [6.45, 7) is 2.95. The van der Waals surface area contributed by atoms with Gasteiger partial charge in [-0.15, -0.1) is 0 Å². The van der Waals surface area contributed by atoms with Gasteiger partial charge in [0.1, 0.15) is 0 Å². The zero-order valence-electron chi connectivity index (χ0n) is 14.2. The second kappa shape index (κ2) is 8.98. The number of hydrogen-bond acceptors (Lipinski definition) is 4. The van der Waals surface area contributed by atoms with Crippen LogP contribution in [-0.2, 0) is 16.0 Å². The van der Waals surface area contributed by atoms with E-state index in [0.717, 1.165) is 30.0 Å². The summed E-state index contributed by atoms with van der Waals surface area (Å²) in [5, 5.41) is 6.67. The van der Waals surface area contributed by atoms with Gasteiger partial charge in [0.15, 0.2) is 5.11 Å². The first-order valence-electron chi connectivity index (χ1n) is 8.39. The number of nitrogens with one attached hydrogen (secondary N) is 2. The first-order valence-corrected chi connectivity index (χ1v) is 9.17. The zero-order chi connectivity index (χ0) is 18.4. The Morgan fingerprint density at radius 3 is 2.62 bits per heavy atom. The smallest absolute Gasteiger partial charge is 0.230 e. The van der Waals surface area contributed by atoms with Crippen molar-refractivity contribution in [2.75, 3.05) is 36.5 Å². The van der Waals surface area contributed by atoms with E-state index in [1.165, 1.54) is 0 Å². The van der Waals surface area contributed by atoms with Gasteiger partial charge < -0.3 is 20.3 Å². The highest BCUT2D eigenvalue weighted by molar-refractivity contribution is 7.80. The molecule has 0 saturated carbocycles. The van der Waals surface area contributed by atoms with Crippen molar-refractivity contribution in [3.63, 3.8) is 0 Å². The van der Waals surface area contributed by atoms with E-state index in [4.69, 9.17) is 28.6 Å². The van der Waals surface area contributed by atoms with Gasteiger partial charge in [0, 0.05) is 18.1 Å². The molecule has 0 aromatic heterocycles. The Kier molecular flexibility index (Phi) is 6.44. The van der Waals surface area contributed by atoms with Crippen LogP contribution in [0.2, 0.25) is 5.02 Å². The number of anilines is 2. The summed E-state index contributed by atoms with van der Waals surface area (Å²) in [7, 11) is 0. The van der Waals surface area contributed by atoms with Crippen LogP contribution >= 0.6 is 23.8 Å². The third-order valence-corrected chi connectivity index (χ3v) is 4.46. The van der Waals surface area contributed by atoms with Crippen molar-refractivity contribution in [2.45, 2.75) is 6.42 Å². The predicted molar refractivity (Wildman–Crippen MR) is 109 cm³/mol. The van der Waals surface area contributed by atoms with Gasteiger partial charge in [-0.25, -0.2) is 0 Å². The van der Waals surface area contributed by atoms with Crippen molar-refractivity contribution < 1.29 is 9.53 Å². The number of carbonyl (C=O) groups is 1. The molecule has 136 valence electrons. The minimum Gasteiger partial charge on any atom is -0.378 e. The maximum Gasteiger partial charge on any atom is 0.230 e. The van der Waals surface area contributed by atoms with Gasteiger partial charge in [0.2, 0.25) is 5.91 Å². The summed E-state index contributed by atoms with van der Waals surface area (Å²) in [4.78, 5) is 14.4. The number of rotatable bonds is 4. The van der Waals surface area contributed by atoms with Crippen molar-refractivity contribution >= 4 is 46.2 Å². The van der Waals surface area contributed by atoms with Crippen LogP contribution in [0.4, 0.5) is 11.4 Å². The van der Waals surface area contributed by atoms with E-state index in [1.54, 1.807) is 0 Å². The zero-order valence-corrected chi connectivity index (χ0v) is 15.8. The topological polar surface area (TPSA) is 53.6 Å². The number of ether oxygens (including phenoxy) is 1. The maximum absolute atomic E-state index is 12.2. The molecule has 26 heavy (non-hydrogen) atoms. The number of thiocarbonyl (C=S) groups is 1. The molecule has 1 aliphatic heterocycles. The molecule has 0 atom stereocenters. The Bertz CT molecular complexity index is 780. The Balaban J connectivity index is 1.64. The average Bonchev–Trinajstić information content (AvgIpc) is 2.63. The second-order valence-corrected chi connectivity index (χ2v) is 6.77. The lowest BCUT2D eigenvalue weighted by Gasteiger charge is -2.30. The number of carbonyl (C=O) groups excluding carboxylic acids is 1. The average molecular weight is 390 g/mol. The first-order chi connectivity index (χ1) is 12.6. The van der Waals surface area contributed by atoms with E-state index in [9.17, 15) is 4.79 Å². The standard InChI is InChI=1S/C19H20ClN3O2S/c20-15-6-7-17(23-8-10-25-11-9-23)16(13-15)21-19(26)22-18(24)12-14-4-2-1-3-5-14/h1-7,13H,8-12H2,(H2,21,22,24,26). The number of nitrogens with zero attached hydrogens (tertiary/aromatic N) is 1. The van der Waals surface area contributed by atoms with Crippen molar-refractivity contribution in [3.05, 3.63) is 59.1 Å². The van der Waals surface area contributed by atoms with E-state index < -0.39 is 0 Å². The lowest BCUT2D eigenvalue weighted by Crippen LogP contribution is -2.38. The van der Waals surface area contributed by atoms with Crippen LogP contribution in [0.5, 0.6) is 0 Å². The molecule has 0 radical (unpaired) electrons. The summed E-state index contributed by atoms with van der Waals surface area (Å²) in [6.07, 6.45) is 0.272. The summed E-state index contributed by atoms with van der Waals surface area (Å²) < 4.78 is 5.40. The monoisotopic (exact) mass is 389 g/mol. The lowest BCUT2D eigenvalue weighted by molar-refractivity contribution is -0.119. The van der Waals surface area contributed by atoms with Crippen LogP contribution in [0.25, 0.3) is 0 Å². The Morgan fingerprint density at radius 1 is 1.15 bits per heavy atom. The molecule has 0 unspecified atom stereocenters. The highest BCUT2D eigenvalue weighted by Gasteiger charge is 2.16. The van der Waals surface area contributed by atoms with E-state index in [2.05, 4.69) is 15.5 Å². The fourth-order valence-corrected chi connectivity index (χ4v) is 3.19. The van der Waals surface area contributed by atoms with Gasteiger partial charge in [0.05, 0.1) is 31.0 Å². The van der Waals surface area contributed by atoms with Crippen LogP contribution in [-0.4, -0.2) is 37.3 Å². The van der Waals surface area contributed by atoms with E-state index in [0.29, 0.717) is 18.2 Å². The summed E-state index contributed by atoms with van der Waals surface area (Å²) >= 11 is 11.4. The number of hydrogen-bond donors (Lipinski definition) is 2. The van der Waals surface area contributed by atoms with Crippen molar-refractivity contribution in [1.29, 1.82) is 0 Å². The van der Waals surface area contributed by atoms with E-state index in [1.807, 2.05) is 48.5 Å². The molecule has 0 aliphatic carbocycles. The Morgan fingerprint density at radius 2 is 1.88 bits per heavy atom. The highest BCUT2D eigenvalue weighted by atomic mass is 35.5. The first kappa shape index (κ1) is 18.6. The molecule has 2 N–H and O–H groups in total. The molecule has 7 heteroatoms. The number of morpholine rings is 1. The minimum absolute atomic E-state index is 0.163. The molecule has 1 amide bonds. The molecule has 5 nitrogen and oxygen atoms in total. The molecular formula is C19H20ClN3O2S. The quantitative estimate of drug-likeness (QED) is 0.786. The largest absolute Gasteiger partial charge is 0.378 e. The Hall–Kier alpha value is -2.15. The second-order valence-electron chi connectivity index (χ2n) is 5.93. The summed E-state index contributed by atoms with van der Waals surface area (Å²) in [5.41, 5.74) is 2.69. The van der Waals surface area contributed by atoms with E-state index >= 15 is 0 Å². The van der Waals surface area contributed by atoms with Crippen LogP contribution in [0.15, 0.2) is 48.5 Å². The maximum atomic E-state index is 12.2. The van der Waals surface area contributed by atoms with Crippen molar-refractivity contribution in [2.24, 2.45) is 0 Å². The molecular weight excluding hydrogens is 370 g/mol. The number of amides is 1. The van der Waals surface area contributed by atoms with Crippen LogP contribution in [0, 0.1) is 0 Å². The lowest BCUT2D eigenvalue weighted by atomic mass is 10.1. The van der Waals surface area contributed by atoms with Gasteiger partial charge in [-0.05, 0) is 36.0 Å². The van der Waals surface area contributed by atoms with Crippen LogP contribution in [0.1, 0.15) is 5.56 Å². The normalized spacial score (nSPS) is 14.0. The van der Waals surface area contributed by atoms with Gasteiger partial charge in [-0.1, -0.05) is 41.9 Å². The predicted octanol–water partition coefficient (Wildman–Crippen LogP) is 3.23. The molecule has 1 heterocycles. The molecule has 2 aromatic rings.